The fraction of sp³-hybridized carbons (Fsp3) is 0.533. The summed E-state index contributed by atoms with van der Waals surface area (Å²) in [6.45, 7) is 1.36. The van der Waals surface area contributed by atoms with Crippen molar-refractivity contribution in [1.29, 1.82) is 0 Å². The van der Waals surface area contributed by atoms with Gasteiger partial charge in [-0.25, -0.2) is 4.79 Å². The van der Waals surface area contributed by atoms with Crippen LogP contribution in [0.3, 0.4) is 0 Å². The number of hydrogen-bond donors (Lipinski definition) is 2. The highest BCUT2D eigenvalue weighted by molar-refractivity contribution is 6.33. The van der Waals surface area contributed by atoms with Crippen LogP contribution in [0.25, 0.3) is 0 Å². The molecule has 0 bridgehead atoms. The largest absolute Gasteiger partial charge is 0.478 e. The van der Waals surface area contributed by atoms with Crippen LogP contribution in [0.15, 0.2) is 18.2 Å². The van der Waals surface area contributed by atoms with Gasteiger partial charge in [-0.3, -0.25) is 0 Å². The molecule has 1 spiro atoms. The minimum Gasteiger partial charge on any atom is -0.478 e. The Balaban J connectivity index is 1.63. The highest BCUT2D eigenvalue weighted by Gasteiger charge is 2.40. The highest BCUT2D eigenvalue weighted by atomic mass is 35.5. The van der Waals surface area contributed by atoms with Gasteiger partial charge < -0.3 is 19.9 Å². The number of hydrogen-bond acceptors (Lipinski definition) is 4. The molecule has 21 heavy (non-hydrogen) atoms. The summed E-state index contributed by atoms with van der Waals surface area (Å²) in [4.78, 5) is 11.1. The first kappa shape index (κ1) is 14.6. The molecule has 1 heterocycles. The molecule has 1 saturated carbocycles. The number of aromatic carboxylic acids is 1. The second kappa shape index (κ2) is 5.83. The number of rotatable bonds is 3. The SMILES string of the molecule is O=C(O)c1cc(NC2CCC3(CC2)OCCO3)ccc1Cl. The van der Waals surface area contributed by atoms with Gasteiger partial charge in [-0.1, -0.05) is 11.6 Å². The first-order valence-corrected chi connectivity index (χ1v) is 7.53. The van der Waals surface area contributed by atoms with Crippen LogP contribution in [-0.4, -0.2) is 36.1 Å². The summed E-state index contributed by atoms with van der Waals surface area (Å²) in [5, 5.41) is 12.7. The number of carboxylic acids is 1. The summed E-state index contributed by atoms with van der Waals surface area (Å²) < 4.78 is 11.4. The lowest BCUT2D eigenvalue weighted by Gasteiger charge is -2.36. The van der Waals surface area contributed by atoms with Gasteiger partial charge in [-0.05, 0) is 31.0 Å². The predicted octanol–water partition coefficient (Wildman–Crippen LogP) is 3.14. The van der Waals surface area contributed by atoms with Crippen molar-refractivity contribution < 1.29 is 19.4 Å². The third kappa shape index (κ3) is 3.15. The van der Waals surface area contributed by atoms with Gasteiger partial charge >= 0.3 is 5.97 Å². The number of anilines is 1. The van der Waals surface area contributed by atoms with Crippen molar-refractivity contribution in [2.45, 2.75) is 37.5 Å². The maximum atomic E-state index is 11.1. The van der Waals surface area contributed by atoms with Crippen molar-refractivity contribution in [2.24, 2.45) is 0 Å². The van der Waals surface area contributed by atoms with E-state index in [0.29, 0.717) is 19.3 Å². The fourth-order valence-electron chi connectivity index (χ4n) is 3.00. The van der Waals surface area contributed by atoms with Crippen LogP contribution in [0.1, 0.15) is 36.0 Å². The van der Waals surface area contributed by atoms with E-state index in [-0.39, 0.29) is 16.4 Å². The minimum atomic E-state index is -1.01. The van der Waals surface area contributed by atoms with Gasteiger partial charge in [0.05, 0.1) is 23.8 Å². The maximum Gasteiger partial charge on any atom is 0.337 e. The van der Waals surface area contributed by atoms with Crippen molar-refractivity contribution in [3.05, 3.63) is 28.8 Å². The zero-order valence-electron chi connectivity index (χ0n) is 11.6. The van der Waals surface area contributed by atoms with E-state index in [4.69, 9.17) is 26.2 Å². The molecule has 6 heteroatoms. The quantitative estimate of drug-likeness (QED) is 0.897. The standard InChI is InChI=1S/C15H18ClNO4/c16-13-2-1-11(9-12(13)14(18)19)17-10-3-5-15(6-4-10)20-7-8-21-15/h1-2,9-10,17H,3-8H2,(H,18,19). The summed E-state index contributed by atoms with van der Waals surface area (Å²) in [5.41, 5.74) is 0.905. The van der Waals surface area contributed by atoms with Crippen LogP contribution in [0.4, 0.5) is 5.69 Å². The molecule has 1 saturated heterocycles. The summed E-state index contributed by atoms with van der Waals surface area (Å²) in [5.74, 6) is -1.39. The van der Waals surface area contributed by atoms with E-state index >= 15 is 0 Å². The molecular formula is C15H18ClNO4. The van der Waals surface area contributed by atoms with Crippen molar-refractivity contribution in [1.82, 2.24) is 0 Å². The number of halogens is 1. The lowest BCUT2D eigenvalue weighted by Crippen LogP contribution is -2.39. The molecular weight excluding hydrogens is 294 g/mol. The molecule has 1 aliphatic heterocycles. The zero-order chi connectivity index (χ0) is 14.9. The average Bonchev–Trinajstić information content (AvgIpc) is 2.92. The lowest BCUT2D eigenvalue weighted by atomic mass is 9.90. The highest BCUT2D eigenvalue weighted by Crippen LogP contribution is 2.36. The minimum absolute atomic E-state index is 0.122. The summed E-state index contributed by atoms with van der Waals surface area (Å²) >= 11 is 5.87. The molecule has 1 aromatic carbocycles. The number of carboxylic acid groups (broad SMARTS) is 1. The smallest absolute Gasteiger partial charge is 0.337 e. The topological polar surface area (TPSA) is 67.8 Å². The fourth-order valence-corrected chi connectivity index (χ4v) is 3.20. The molecule has 2 N–H and O–H groups in total. The molecule has 1 aliphatic carbocycles. The Kier molecular flexibility index (Phi) is 4.06. The molecule has 0 unspecified atom stereocenters. The molecule has 2 fully saturated rings. The van der Waals surface area contributed by atoms with Crippen LogP contribution >= 0.6 is 11.6 Å². The Morgan fingerprint density at radius 1 is 1.29 bits per heavy atom. The van der Waals surface area contributed by atoms with Crippen molar-refractivity contribution in [3.8, 4) is 0 Å². The Bertz CT molecular complexity index is 532. The van der Waals surface area contributed by atoms with Gasteiger partial charge in [0.25, 0.3) is 0 Å². The Morgan fingerprint density at radius 3 is 2.57 bits per heavy atom. The number of nitrogens with one attached hydrogen (secondary N) is 1. The zero-order valence-corrected chi connectivity index (χ0v) is 12.4. The number of benzene rings is 1. The van der Waals surface area contributed by atoms with Crippen LogP contribution in [0.5, 0.6) is 0 Å². The van der Waals surface area contributed by atoms with Gasteiger partial charge in [0, 0.05) is 24.6 Å². The van der Waals surface area contributed by atoms with Gasteiger partial charge in [0.15, 0.2) is 5.79 Å². The van der Waals surface area contributed by atoms with Crippen molar-refractivity contribution in [3.63, 3.8) is 0 Å². The van der Waals surface area contributed by atoms with E-state index in [2.05, 4.69) is 5.32 Å². The third-order valence-corrected chi connectivity index (χ3v) is 4.46. The normalized spacial score (nSPS) is 21.6. The van der Waals surface area contributed by atoms with Crippen molar-refractivity contribution >= 4 is 23.3 Å². The second-order valence-corrected chi connectivity index (χ2v) is 5.93. The molecule has 3 rings (SSSR count). The average molecular weight is 312 g/mol. The number of ether oxygens (including phenoxy) is 2. The van der Waals surface area contributed by atoms with E-state index in [1.165, 1.54) is 0 Å². The van der Waals surface area contributed by atoms with Crippen LogP contribution in [0, 0.1) is 0 Å². The molecule has 114 valence electrons. The maximum absolute atomic E-state index is 11.1. The Morgan fingerprint density at radius 2 is 1.95 bits per heavy atom. The first-order valence-electron chi connectivity index (χ1n) is 7.15. The molecule has 1 aromatic rings. The summed E-state index contributed by atoms with van der Waals surface area (Å²) in [7, 11) is 0. The van der Waals surface area contributed by atoms with E-state index in [0.717, 1.165) is 31.4 Å². The molecule has 0 atom stereocenters. The Labute approximate surface area is 128 Å². The second-order valence-electron chi connectivity index (χ2n) is 5.53. The van der Waals surface area contributed by atoms with E-state index in [9.17, 15) is 4.79 Å². The third-order valence-electron chi connectivity index (χ3n) is 4.13. The molecule has 5 nitrogen and oxygen atoms in total. The van der Waals surface area contributed by atoms with Crippen LogP contribution in [-0.2, 0) is 9.47 Å². The molecule has 0 aromatic heterocycles. The molecule has 0 radical (unpaired) electrons. The van der Waals surface area contributed by atoms with Gasteiger partial charge in [-0.15, -0.1) is 0 Å². The van der Waals surface area contributed by atoms with Gasteiger partial charge in [0.2, 0.25) is 0 Å². The number of carbonyl (C=O) groups is 1. The predicted molar refractivity (Wildman–Crippen MR) is 78.9 cm³/mol. The first-order chi connectivity index (χ1) is 10.1. The van der Waals surface area contributed by atoms with E-state index in [1.54, 1.807) is 12.1 Å². The lowest BCUT2D eigenvalue weighted by molar-refractivity contribution is -0.177. The summed E-state index contributed by atoms with van der Waals surface area (Å²) in [6, 6.07) is 5.30. The van der Waals surface area contributed by atoms with E-state index in [1.807, 2.05) is 6.07 Å². The van der Waals surface area contributed by atoms with E-state index < -0.39 is 5.97 Å². The van der Waals surface area contributed by atoms with Crippen LogP contribution in [0.2, 0.25) is 5.02 Å². The van der Waals surface area contributed by atoms with Crippen LogP contribution < -0.4 is 5.32 Å². The van der Waals surface area contributed by atoms with Gasteiger partial charge in [0.1, 0.15) is 0 Å². The summed E-state index contributed by atoms with van der Waals surface area (Å²) in [6.07, 6.45) is 3.60. The van der Waals surface area contributed by atoms with Gasteiger partial charge in [-0.2, -0.15) is 0 Å². The Hall–Kier alpha value is -1.30. The monoisotopic (exact) mass is 311 g/mol. The molecule has 0 amide bonds. The van der Waals surface area contributed by atoms with Crippen molar-refractivity contribution in [2.75, 3.05) is 18.5 Å². The molecule has 2 aliphatic rings.